The smallest absolute Gasteiger partial charge is 0.301 e. The molecule has 10 heteroatoms. The summed E-state index contributed by atoms with van der Waals surface area (Å²) in [5, 5.41) is 2.92. The molecule has 1 aromatic carbocycles. The van der Waals surface area contributed by atoms with Gasteiger partial charge in [0.15, 0.2) is 17.3 Å². The summed E-state index contributed by atoms with van der Waals surface area (Å²) in [6.07, 6.45) is 0.941. The number of hydrogen-bond donors (Lipinski definition) is 1. The van der Waals surface area contributed by atoms with E-state index in [1.165, 1.54) is 26.2 Å². The van der Waals surface area contributed by atoms with Crippen LogP contribution in [0.5, 0.6) is 0 Å². The fourth-order valence-corrected chi connectivity index (χ4v) is 3.65. The van der Waals surface area contributed by atoms with Crippen molar-refractivity contribution in [2.45, 2.75) is 6.92 Å². The molecule has 0 atom stereocenters. The van der Waals surface area contributed by atoms with Crippen LogP contribution in [0.25, 0.3) is 0 Å². The second-order valence-electron chi connectivity index (χ2n) is 5.35. The molecular formula is C14H16Cl2FN4O2S+. The van der Waals surface area contributed by atoms with Crippen LogP contribution in [0.4, 0.5) is 21.6 Å². The van der Waals surface area contributed by atoms with E-state index in [-0.39, 0.29) is 21.9 Å². The van der Waals surface area contributed by atoms with Crippen LogP contribution in [0.1, 0.15) is 6.92 Å². The average Bonchev–Trinajstić information content (AvgIpc) is 2.52. The van der Waals surface area contributed by atoms with Gasteiger partial charge in [-0.3, -0.25) is 0 Å². The molecule has 0 aliphatic heterocycles. The van der Waals surface area contributed by atoms with E-state index in [2.05, 4.69) is 15.3 Å². The summed E-state index contributed by atoms with van der Waals surface area (Å²) < 4.78 is 38.0. The standard InChI is InChI=1S/C14H16Cl2FN4O2S/c1-4-24(22,23)21(2,3)12-7-9(5-6-10(12)15)19-13-11(17)8-18-14(16)20-13/h5-8H,4H2,1-3H3,(H,18,19,20)/q+1. The van der Waals surface area contributed by atoms with E-state index in [1.54, 1.807) is 13.0 Å². The highest BCUT2D eigenvalue weighted by molar-refractivity contribution is 7.90. The molecule has 1 N–H and O–H groups in total. The zero-order valence-electron chi connectivity index (χ0n) is 13.2. The molecule has 2 rings (SSSR count). The van der Waals surface area contributed by atoms with Crippen molar-refractivity contribution in [3.63, 3.8) is 0 Å². The van der Waals surface area contributed by atoms with E-state index >= 15 is 0 Å². The first-order valence-corrected chi connectivity index (χ1v) is 9.27. The van der Waals surface area contributed by atoms with Gasteiger partial charge >= 0.3 is 10.0 Å². The van der Waals surface area contributed by atoms with Crippen molar-refractivity contribution in [1.82, 2.24) is 13.9 Å². The molecule has 1 heterocycles. The molecule has 6 nitrogen and oxygen atoms in total. The van der Waals surface area contributed by atoms with Gasteiger partial charge < -0.3 is 5.32 Å². The lowest BCUT2D eigenvalue weighted by Crippen LogP contribution is -2.47. The summed E-state index contributed by atoms with van der Waals surface area (Å²) in [5.74, 6) is -0.859. The van der Waals surface area contributed by atoms with Crippen LogP contribution in [0.2, 0.25) is 10.3 Å². The van der Waals surface area contributed by atoms with Gasteiger partial charge in [-0.05, 0) is 30.7 Å². The topological polar surface area (TPSA) is 72.0 Å². The molecule has 1 aromatic heterocycles. The Bertz CT molecular complexity index is 875. The first-order valence-electron chi connectivity index (χ1n) is 6.90. The van der Waals surface area contributed by atoms with Crippen LogP contribution in [-0.2, 0) is 10.0 Å². The third-order valence-corrected chi connectivity index (χ3v) is 6.38. The Labute approximate surface area is 149 Å². The van der Waals surface area contributed by atoms with Crippen molar-refractivity contribution >= 4 is 50.4 Å². The summed E-state index contributed by atoms with van der Waals surface area (Å²) in [7, 11) is -0.434. The van der Waals surface area contributed by atoms with Crippen molar-refractivity contribution in [3.05, 3.63) is 40.5 Å². The first kappa shape index (κ1) is 18.9. The molecule has 0 fully saturated rings. The molecule has 24 heavy (non-hydrogen) atoms. The molecule has 0 saturated carbocycles. The van der Waals surface area contributed by atoms with Crippen molar-refractivity contribution in [1.29, 1.82) is 0 Å². The highest BCUT2D eigenvalue weighted by Gasteiger charge is 2.35. The molecule has 0 radical (unpaired) electrons. The maximum absolute atomic E-state index is 13.7. The third kappa shape index (κ3) is 3.61. The van der Waals surface area contributed by atoms with E-state index in [0.717, 1.165) is 6.20 Å². The van der Waals surface area contributed by atoms with Gasteiger partial charge in [0.25, 0.3) is 0 Å². The van der Waals surface area contributed by atoms with E-state index in [0.29, 0.717) is 11.4 Å². The largest absolute Gasteiger partial charge is 0.337 e. The lowest BCUT2D eigenvalue weighted by molar-refractivity contribution is 0.514. The number of sulfonamides is 1. The third-order valence-electron chi connectivity index (χ3n) is 3.56. The van der Waals surface area contributed by atoms with Crippen LogP contribution in [0.15, 0.2) is 24.4 Å². The normalized spacial score (nSPS) is 12.2. The monoisotopic (exact) mass is 393 g/mol. The maximum atomic E-state index is 13.7. The quantitative estimate of drug-likeness (QED) is 0.620. The van der Waals surface area contributed by atoms with Crippen LogP contribution >= 0.6 is 23.2 Å². The van der Waals surface area contributed by atoms with Gasteiger partial charge in [0.2, 0.25) is 5.28 Å². The van der Waals surface area contributed by atoms with Gasteiger partial charge in [0, 0.05) is 11.8 Å². The lowest BCUT2D eigenvalue weighted by atomic mass is 10.2. The van der Waals surface area contributed by atoms with Gasteiger partial charge in [-0.25, -0.2) is 9.37 Å². The first-order chi connectivity index (χ1) is 11.1. The molecule has 0 aliphatic carbocycles. The summed E-state index contributed by atoms with van der Waals surface area (Å²) in [4.78, 5) is 7.29. The van der Waals surface area contributed by atoms with Gasteiger partial charge in [0.05, 0.1) is 26.0 Å². The van der Waals surface area contributed by atoms with Gasteiger partial charge in [0.1, 0.15) is 5.02 Å². The number of halogens is 3. The fraction of sp³-hybridized carbons (Fsp3) is 0.286. The Hall–Kier alpha value is -1.48. The summed E-state index contributed by atoms with van der Waals surface area (Å²) in [6.45, 7) is 1.56. The number of hydrogen-bond acceptors (Lipinski definition) is 5. The summed E-state index contributed by atoms with van der Waals surface area (Å²) >= 11 is 11.8. The van der Waals surface area contributed by atoms with Crippen molar-refractivity contribution in [2.24, 2.45) is 0 Å². The number of benzene rings is 1. The summed E-state index contributed by atoms with van der Waals surface area (Å²) in [6, 6.07) is 4.65. The number of rotatable bonds is 5. The van der Waals surface area contributed by atoms with Crippen LogP contribution in [0.3, 0.4) is 0 Å². The second-order valence-corrected chi connectivity index (χ2v) is 8.75. The van der Waals surface area contributed by atoms with Crippen LogP contribution in [0, 0.1) is 5.82 Å². The molecule has 0 aliphatic rings. The van der Waals surface area contributed by atoms with Crippen LogP contribution < -0.4 is 9.21 Å². The minimum absolute atomic E-state index is 0.0515. The predicted molar refractivity (Wildman–Crippen MR) is 94.8 cm³/mol. The van der Waals surface area contributed by atoms with Crippen molar-refractivity contribution in [3.8, 4) is 0 Å². The summed E-state index contributed by atoms with van der Waals surface area (Å²) in [5.41, 5.74) is 0.768. The molecule has 0 bridgehead atoms. The highest BCUT2D eigenvalue weighted by Crippen LogP contribution is 2.35. The Morgan fingerprint density at radius 2 is 1.96 bits per heavy atom. The van der Waals surface area contributed by atoms with Crippen LogP contribution in [-0.4, -0.2) is 38.2 Å². The minimum atomic E-state index is -3.47. The average molecular weight is 394 g/mol. The lowest BCUT2D eigenvalue weighted by Gasteiger charge is -2.28. The van der Waals surface area contributed by atoms with Gasteiger partial charge in [-0.2, -0.15) is 17.3 Å². The molecule has 130 valence electrons. The number of nitrogens with one attached hydrogen (secondary N) is 1. The van der Waals surface area contributed by atoms with Gasteiger partial charge in [-0.15, -0.1) is 0 Å². The predicted octanol–water partition coefficient (Wildman–Crippen LogP) is 3.58. The highest BCUT2D eigenvalue weighted by atomic mass is 35.5. The zero-order valence-corrected chi connectivity index (χ0v) is 15.5. The number of quaternary nitrogens is 1. The van der Waals surface area contributed by atoms with E-state index in [1.807, 2.05) is 0 Å². The van der Waals surface area contributed by atoms with Crippen molar-refractivity contribution < 1.29 is 12.8 Å². The molecule has 0 saturated heterocycles. The van der Waals surface area contributed by atoms with E-state index in [4.69, 9.17) is 23.2 Å². The Morgan fingerprint density at radius 3 is 2.58 bits per heavy atom. The zero-order chi connectivity index (χ0) is 18.1. The van der Waals surface area contributed by atoms with E-state index in [9.17, 15) is 12.8 Å². The molecule has 0 unspecified atom stereocenters. The molecule has 2 aromatic rings. The molecular weight excluding hydrogens is 378 g/mol. The van der Waals surface area contributed by atoms with E-state index < -0.39 is 19.7 Å². The maximum Gasteiger partial charge on any atom is 0.301 e. The van der Waals surface area contributed by atoms with Gasteiger partial charge in [-0.1, -0.05) is 11.6 Å². The SMILES string of the molecule is CCS(=O)(=O)[N+](C)(C)c1cc(Nc2nc(Cl)ncc2F)ccc1Cl. The number of aromatic nitrogens is 2. The number of nitrogens with zero attached hydrogens (tertiary/aromatic N) is 3. The Morgan fingerprint density at radius 1 is 1.29 bits per heavy atom. The molecule has 0 amide bonds. The second kappa shape index (κ2) is 6.79. The minimum Gasteiger partial charge on any atom is -0.337 e. The van der Waals surface area contributed by atoms with Crippen molar-refractivity contribution in [2.75, 3.05) is 25.2 Å². The fourth-order valence-electron chi connectivity index (χ4n) is 2.05. The Kier molecular flexibility index (Phi) is 5.34. The number of anilines is 2. The Balaban J connectivity index is 2.48. The molecule has 0 spiro atoms.